The van der Waals surface area contributed by atoms with Crippen LogP contribution in [0.5, 0.6) is 0 Å². The van der Waals surface area contributed by atoms with Crippen molar-refractivity contribution in [3.05, 3.63) is 17.3 Å². The van der Waals surface area contributed by atoms with Crippen molar-refractivity contribution in [1.29, 1.82) is 0 Å². The molecule has 3 rings (SSSR count). The molecular formula is C12H15N3O2S. The smallest absolute Gasteiger partial charge is 0.150 e. The summed E-state index contributed by atoms with van der Waals surface area (Å²) in [5.74, 6) is 0.958. The zero-order chi connectivity index (χ0) is 12.5. The largest absolute Gasteiger partial charge is 0.394 e. The van der Waals surface area contributed by atoms with Crippen LogP contribution >= 0.6 is 11.3 Å². The second kappa shape index (κ2) is 4.79. The average Bonchev–Trinajstić information content (AvgIpc) is 2.81. The van der Waals surface area contributed by atoms with Crippen LogP contribution in [0, 0.1) is 6.92 Å². The highest BCUT2D eigenvalue weighted by atomic mass is 32.1. The lowest BCUT2D eigenvalue weighted by Crippen LogP contribution is -2.44. The first-order valence-corrected chi connectivity index (χ1v) is 6.83. The fraction of sp³-hybridized carbons (Fsp3) is 0.500. The monoisotopic (exact) mass is 265 g/mol. The van der Waals surface area contributed by atoms with Crippen molar-refractivity contribution in [3.63, 3.8) is 0 Å². The molecular weight excluding hydrogens is 250 g/mol. The Morgan fingerprint density at radius 2 is 2.44 bits per heavy atom. The van der Waals surface area contributed by atoms with Crippen LogP contribution in [0.15, 0.2) is 11.7 Å². The number of aliphatic hydroxyl groups is 1. The van der Waals surface area contributed by atoms with Crippen molar-refractivity contribution in [2.75, 3.05) is 31.2 Å². The summed E-state index contributed by atoms with van der Waals surface area (Å²) in [6.45, 7) is 4.22. The van der Waals surface area contributed by atoms with Gasteiger partial charge < -0.3 is 14.7 Å². The standard InChI is InChI=1S/C12H15N3O2S/c1-8-6-18-11-10(8)13-7-14-12(11)15-2-3-17-9(4-15)5-16/h6-7,9,16H,2-5H2,1H3. The van der Waals surface area contributed by atoms with Crippen LogP contribution in [-0.4, -0.2) is 47.5 Å². The molecule has 1 unspecified atom stereocenters. The molecule has 1 fully saturated rings. The van der Waals surface area contributed by atoms with E-state index in [2.05, 4.69) is 27.2 Å². The Labute approximate surface area is 109 Å². The number of anilines is 1. The number of fused-ring (bicyclic) bond motifs is 1. The molecule has 0 spiro atoms. The highest BCUT2D eigenvalue weighted by molar-refractivity contribution is 7.18. The van der Waals surface area contributed by atoms with E-state index >= 15 is 0 Å². The SMILES string of the molecule is Cc1csc2c(N3CCOC(CO)C3)ncnc12. The Bertz CT molecular complexity index is 557. The minimum Gasteiger partial charge on any atom is -0.394 e. The highest BCUT2D eigenvalue weighted by Gasteiger charge is 2.23. The van der Waals surface area contributed by atoms with Crippen molar-refractivity contribution in [1.82, 2.24) is 9.97 Å². The van der Waals surface area contributed by atoms with E-state index < -0.39 is 0 Å². The topological polar surface area (TPSA) is 58.5 Å². The number of thiophene rings is 1. The fourth-order valence-electron chi connectivity index (χ4n) is 2.20. The maximum absolute atomic E-state index is 9.19. The predicted octanol–water partition coefficient (Wildman–Crippen LogP) is 1.20. The van der Waals surface area contributed by atoms with Crippen LogP contribution in [0.4, 0.5) is 5.82 Å². The molecule has 6 heteroatoms. The van der Waals surface area contributed by atoms with Gasteiger partial charge in [0.05, 0.1) is 29.5 Å². The van der Waals surface area contributed by atoms with Crippen molar-refractivity contribution in [3.8, 4) is 0 Å². The Morgan fingerprint density at radius 1 is 1.56 bits per heavy atom. The lowest BCUT2D eigenvalue weighted by atomic mass is 10.2. The van der Waals surface area contributed by atoms with E-state index in [9.17, 15) is 5.11 Å². The van der Waals surface area contributed by atoms with Crippen molar-refractivity contribution in [2.24, 2.45) is 0 Å². The second-order valence-corrected chi connectivity index (χ2v) is 5.29. The summed E-state index contributed by atoms with van der Waals surface area (Å²) in [7, 11) is 0. The quantitative estimate of drug-likeness (QED) is 0.884. The molecule has 0 aromatic carbocycles. The van der Waals surface area contributed by atoms with Crippen LogP contribution in [-0.2, 0) is 4.74 Å². The van der Waals surface area contributed by atoms with E-state index in [1.807, 2.05) is 0 Å². The van der Waals surface area contributed by atoms with E-state index in [0.717, 1.165) is 22.6 Å². The Kier molecular flexibility index (Phi) is 3.15. The number of morpholine rings is 1. The molecule has 5 nitrogen and oxygen atoms in total. The molecule has 0 bridgehead atoms. The predicted molar refractivity (Wildman–Crippen MR) is 71.2 cm³/mol. The van der Waals surface area contributed by atoms with Crippen LogP contribution in [0.1, 0.15) is 5.56 Å². The van der Waals surface area contributed by atoms with E-state index in [1.54, 1.807) is 17.7 Å². The molecule has 2 aromatic heterocycles. The number of ether oxygens (including phenoxy) is 1. The zero-order valence-corrected chi connectivity index (χ0v) is 11.0. The number of aromatic nitrogens is 2. The third kappa shape index (κ3) is 1.96. The molecule has 1 N–H and O–H groups in total. The van der Waals surface area contributed by atoms with Gasteiger partial charge in [0.1, 0.15) is 12.1 Å². The molecule has 1 atom stereocenters. The molecule has 96 valence electrons. The van der Waals surface area contributed by atoms with E-state index in [-0.39, 0.29) is 12.7 Å². The zero-order valence-electron chi connectivity index (χ0n) is 10.2. The lowest BCUT2D eigenvalue weighted by molar-refractivity contribution is 0.00344. The minimum absolute atomic E-state index is 0.0498. The third-order valence-electron chi connectivity index (χ3n) is 3.15. The Morgan fingerprint density at radius 3 is 3.28 bits per heavy atom. The van der Waals surface area contributed by atoms with E-state index in [0.29, 0.717) is 13.2 Å². The molecule has 3 heterocycles. The van der Waals surface area contributed by atoms with Gasteiger partial charge in [0, 0.05) is 13.1 Å². The molecule has 0 amide bonds. The van der Waals surface area contributed by atoms with Gasteiger partial charge in [0.15, 0.2) is 0 Å². The van der Waals surface area contributed by atoms with Gasteiger partial charge in [-0.15, -0.1) is 11.3 Å². The molecule has 1 aliphatic rings. The van der Waals surface area contributed by atoms with Crippen molar-refractivity contribution >= 4 is 27.4 Å². The maximum atomic E-state index is 9.19. The Hall–Kier alpha value is -1.24. The number of rotatable bonds is 2. The van der Waals surface area contributed by atoms with Gasteiger partial charge in [-0.05, 0) is 17.9 Å². The number of aryl methyl sites for hydroxylation is 1. The summed E-state index contributed by atoms with van der Waals surface area (Å²) in [6.07, 6.45) is 1.49. The van der Waals surface area contributed by atoms with Crippen LogP contribution in [0.3, 0.4) is 0 Å². The number of hydrogen-bond donors (Lipinski definition) is 1. The fourth-order valence-corrected chi connectivity index (χ4v) is 3.22. The highest BCUT2D eigenvalue weighted by Crippen LogP contribution is 2.31. The molecule has 18 heavy (non-hydrogen) atoms. The molecule has 1 aliphatic heterocycles. The Balaban J connectivity index is 1.98. The number of aliphatic hydroxyl groups excluding tert-OH is 1. The molecule has 0 radical (unpaired) electrons. The average molecular weight is 265 g/mol. The van der Waals surface area contributed by atoms with Crippen LogP contribution < -0.4 is 4.90 Å². The van der Waals surface area contributed by atoms with Gasteiger partial charge in [-0.25, -0.2) is 9.97 Å². The normalized spacial score (nSPS) is 20.6. The van der Waals surface area contributed by atoms with Crippen LogP contribution in [0.25, 0.3) is 10.2 Å². The summed E-state index contributed by atoms with van der Waals surface area (Å²) in [5, 5.41) is 11.3. The maximum Gasteiger partial charge on any atom is 0.150 e. The molecule has 2 aromatic rings. The van der Waals surface area contributed by atoms with E-state index in [1.165, 1.54) is 5.56 Å². The van der Waals surface area contributed by atoms with Crippen molar-refractivity contribution < 1.29 is 9.84 Å². The van der Waals surface area contributed by atoms with Gasteiger partial charge in [0.2, 0.25) is 0 Å². The first-order chi connectivity index (χ1) is 8.79. The summed E-state index contributed by atoms with van der Waals surface area (Å²) in [4.78, 5) is 10.9. The van der Waals surface area contributed by atoms with Gasteiger partial charge in [-0.2, -0.15) is 0 Å². The van der Waals surface area contributed by atoms with E-state index in [4.69, 9.17) is 4.74 Å². The first kappa shape index (κ1) is 11.8. The van der Waals surface area contributed by atoms with Gasteiger partial charge in [-0.1, -0.05) is 0 Å². The summed E-state index contributed by atoms with van der Waals surface area (Å²) in [5.41, 5.74) is 2.21. The summed E-state index contributed by atoms with van der Waals surface area (Å²) >= 11 is 1.67. The summed E-state index contributed by atoms with van der Waals surface area (Å²) < 4.78 is 6.58. The second-order valence-electron chi connectivity index (χ2n) is 4.42. The minimum atomic E-state index is -0.121. The lowest BCUT2D eigenvalue weighted by Gasteiger charge is -2.32. The molecule has 0 aliphatic carbocycles. The van der Waals surface area contributed by atoms with Gasteiger partial charge in [0.25, 0.3) is 0 Å². The van der Waals surface area contributed by atoms with Gasteiger partial charge >= 0.3 is 0 Å². The van der Waals surface area contributed by atoms with Crippen molar-refractivity contribution in [2.45, 2.75) is 13.0 Å². The third-order valence-corrected chi connectivity index (χ3v) is 4.24. The van der Waals surface area contributed by atoms with Crippen LogP contribution in [0.2, 0.25) is 0 Å². The molecule has 1 saturated heterocycles. The molecule has 0 saturated carbocycles. The first-order valence-electron chi connectivity index (χ1n) is 5.96. The number of nitrogens with zero attached hydrogens (tertiary/aromatic N) is 3. The summed E-state index contributed by atoms with van der Waals surface area (Å²) in [6, 6.07) is 0. The number of hydrogen-bond acceptors (Lipinski definition) is 6. The van der Waals surface area contributed by atoms with Gasteiger partial charge in [-0.3, -0.25) is 0 Å².